The zero-order valence-electron chi connectivity index (χ0n) is 13.6. The van der Waals surface area contributed by atoms with Gasteiger partial charge in [-0.05, 0) is 6.92 Å². The van der Waals surface area contributed by atoms with Crippen LogP contribution in [0.25, 0.3) is 0 Å². The molecule has 1 amide bonds. The second-order valence-corrected chi connectivity index (χ2v) is 6.89. The first kappa shape index (κ1) is 21.9. The van der Waals surface area contributed by atoms with E-state index in [1.54, 1.807) is 0 Å². The first-order chi connectivity index (χ1) is 11.2. The van der Waals surface area contributed by atoms with Gasteiger partial charge in [0.25, 0.3) is 5.91 Å². The minimum Gasteiger partial charge on any atom is -1.00 e. The third-order valence-corrected chi connectivity index (χ3v) is 5.31. The number of esters is 2. The molecule has 0 aromatic carbocycles. The molecule has 2 heterocycles. The number of nitrogens with zero attached hydrogens (tertiary/aromatic N) is 1. The Morgan fingerprint density at radius 3 is 2.40 bits per heavy atom. The van der Waals surface area contributed by atoms with Crippen molar-refractivity contribution in [3.8, 4) is 0 Å². The standard InChI is InChI=1S/C13H20N2O8S.ClH/c1-4(14)12(20)23-9-7(17)6(16)8(18)11-15(10(9)19)5(3-24-11)13(21)22-2;/h4-9,11,16-18H,3,14H2,1-2H3;1H/t4-,5-,6-,7-,8+,9-,11+;/m0./s1. The molecule has 2 aliphatic heterocycles. The topological polar surface area (TPSA) is 161 Å². The predicted octanol–water partition coefficient (Wildman–Crippen LogP) is -6.93. The number of hydrogen-bond acceptors (Lipinski definition) is 9. The molecule has 0 aromatic heterocycles. The van der Waals surface area contributed by atoms with Crippen molar-refractivity contribution in [1.82, 2.24) is 4.90 Å². The van der Waals surface area contributed by atoms with Crippen LogP contribution in [0, 0.1) is 0 Å². The van der Waals surface area contributed by atoms with Crippen molar-refractivity contribution in [1.29, 1.82) is 0 Å². The van der Waals surface area contributed by atoms with Gasteiger partial charge >= 0.3 is 11.9 Å². The molecule has 7 atom stereocenters. The molecule has 6 N–H and O–H groups in total. The van der Waals surface area contributed by atoms with Crippen molar-refractivity contribution in [2.24, 2.45) is 0 Å². The van der Waals surface area contributed by atoms with Crippen molar-refractivity contribution < 1.29 is 57.3 Å². The van der Waals surface area contributed by atoms with Crippen LogP contribution < -0.4 is 18.1 Å². The molecule has 2 aliphatic rings. The number of amides is 1. The van der Waals surface area contributed by atoms with Crippen LogP contribution in [0.1, 0.15) is 6.92 Å². The van der Waals surface area contributed by atoms with Gasteiger partial charge in [-0.3, -0.25) is 4.79 Å². The maximum absolute atomic E-state index is 12.7. The number of aliphatic hydroxyl groups excluding tert-OH is 3. The van der Waals surface area contributed by atoms with E-state index in [1.165, 1.54) is 6.92 Å². The van der Waals surface area contributed by atoms with E-state index < -0.39 is 59.7 Å². The highest BCUT2D eigenvalue weighted by atomic mass is 35.5. The first-order valence-corrected chi connectivity index (χ1v) is 8.35. The van der Waals surface area contributed by atoms with Gasteiger partial charge in [-0.15, -0.1) is 11.8 Å². The molecule has 10 nitrogen and oxygen atoms in total. The fourth-order valence-corrected chi connectivity index (χ4v) is 4.04. The number of methoxy groups -OCH3 is 1. The van der Waals surface area contributed by atoms with Crippen LogP contribution in [0.4, 0.5) is 0 Å². The maximum Gasteiger partial charge on any atom is 0.365 e. The Hall–Kier alpha value is -1.11. The van der Waals surface area contributed by atoms with Crippen LogP contribution in [-0.4, -0.2) is 92.8 Å². The SMILES string of the molecule is COC(=O)[C@@H]1CS[C@@H]2[C@H](O)[C@@H](O)[C@H](O)[C@H](OC(=O)[C@H](C)[NH3+])C(=O)N21.[Cl-]. The lowest BCUT2D eigenvalue weighted by Gasteiger charge is -2.29. The van der Waals surface area contributed by atoms with Crippen molar-refractivity contribution in [2.75, 3.05) is 12.9 Å². The summed E-state index contributed by atoms with van der Waals surface area (Å²) in [4.78, 5) is 37.4. The van der Waals surface area contributed by atoms with Gasteiger partial charge < -0.3 is 47.8 Å². The van der Waals surface area contributed by atoms with Crippen LogP contribution in [0.5, 0.6) is 0 Å². The van der Waals surface area contributed by atoms with E-state index in [0.717, 1.165) is 23.8 Å². The van der Waals surface area contributed by atoms with Gasteiger partial charge in [0.1, 0.15) is 29.7 Å². The zero-order valence-corrected chi connectivity index (χ0v) is 15.1. The Labute approximate surface area is 154 Å². The normalized spacial score (nSPS) is 35.9. The Balaban J connectivity index is 0.00000312. The summed E-state index contributed by atoms with van der Waals surface area (Å²) in [5.74, 6) is -2.28. The molecule has 0 spiro atoms. The number of thioether (sulfide) groups is 1. The van der Waals surface area contributed by atoms with Gasteiger partial charge in [-0.1, -0.05) is 0 Å². The summed E-state index contributed by atoms with van der Waals surface area (Å²) in [7, 11) is 1.16. The molecule has 2 fully saturated rings. The largest absolute Gasteiger partial charge is 1.00 e. The van der Waals surface area contributed by atoms with E-state index in [1.807, 2.05) is 0 Å². The van der Waals surface area contributed by atoms with Gasteiger partial charge in [0.15, 0.2) is 6.04 Å². The van der Waals surface area contributed by atoms with Crippen LogP contribution in [0.15, 0.2) is 0 Å². The van der Waals surface area contributed by atoms with Crippen molar-refractivity contribution in [3.05, 3.63) is 0 Å². The Morgan fingerprint density at radius 1 is 1.28 bits per heavy atom. The van der Waals surface area contributed by atoms with Crippen LogP contribution >= 0.6 is 11.8 Å². The van der Waals surface area contributed by atoms with Crippen molar-refractivity contribution >= 4 is 29.6 Å². The molecular weight excluding hydrogens is 380 g/mol. The van der Waals surface area contributed by atoms with Crippen LogP contribution in [0.2, 0.25) is 0 Å². The fourth-order valence-electron chi connectivity index (χ4n) is 2.59. The monoisotopic (exact) mass is 400 g/mol. The van der Waals surface area contributed by atoms with E-state index in [2.05, 4.69) is 10.5 Å². The number of carbonyl (C=O) groups excluding carboxylic acids is 3. The number of carbonyl (C=O) groups is 3. The van der Waals surface area contributed by atoms with E-state index in [-0.39, 0.29) is 18.2 Å². The lowest BCUT2D eigenvalue weighted by Crippen LogP contribution is -3.00. The summed E-state index contributed by atoms with van der Waals surface area (Å²) in [6.45, 7) is 1.44. The lowest BCUT2D eigenvalue weighted by molar-refractivity contribution is -0.403. The molecule has 0 radical (unpaired) electrons. The molecule has 0 aromatic rings. The Kier molecular flexibility index (Phi) is 7.47. The number of ether oxygens (including phenoxy) is 2. The molecule has 12 heteroatoms. The molecule has 0 aliphatic carbocycles. The van der Waals surface area contributed by atoms with Gasteiger partial charge in [-0.2, -0.15) is 0 Å². The molecular formula is C13H21ClN2O8S. The molecule has 2 saturated heterocycles. The summed E-state index contributed by atoms with van der Waals surface area (Å²) in [5.41, 5.74) is 3.46. The Morgan fingerprint density at radius 2 is 1.88 bits per heavy atom. The summed E-state index contributed by atoms with van der Waals surface area (Å²) < 4.78 is 9.62. The second-order valence-electron chi connectivity index (χ2n) is 5.74. The van der Waals surface area contributed by atoms with Gasteiger partial charge in [0.05, 0.1) is 7.11 Å². The molecule has 2 rings (SSSR count). The van der Waals surface area contributed by atoms with Crippen molar-refractivity contribution in [3.63, 3.8) is 0 Å². The number of fused-ring (bicyclic) bond motifs is 1. The minimum absolute atomic E-state index is 0. The van der Waals surface area contributed by atoms with Crippen LogP contribution in [-0.2, 0) is 23.9 Å². The number of aliphatic hydroxyl groups is 3. The maximum atomic E-state index is 12.7. The summed E-state index contributed by atoms with van der Waals surface area (Å²) >= 11 is 1.07. The average molecular weight is 401 g/mol. The van der Waals surface area contributed by atoms with Crippen LogP contribution in [0.3, 0.4) is 0 Å². The van der Waals surface area contributed by atoms with E-state index in [0.29, 0.717) is 0 Å². The fraction of sp³-hybridized carbons (Fsp3) is 0.769. The van der Waals surface area contributed by atoms with Crippen molar-refractivity contribution in [2.45, 2.75) is 48.8 Å². The minimum atomic E-state index is -1.83. The average Bonchev–Trinajstić information content (AvgIpc) is 2.98. The molecule has 25 heavy (non-hydrogen) atoms. The van der Waals surface area contributed by atoms with Gasteiger partial charge in [0.2, 0.25) is 6.10 Å². The highest BCUT2D eigenvalue weighted by Gasteiger charge is 2.55. The molecule has 0 bridgehead atoms. The lowest BCUT2D eigenvalue weighted by atomic mass is 10.0. The molecule has 0 saturated carbocycles. The van der Waals surface area contributed by atoms with E-state index >= 15 is 0 Å². The number of quaternary nitrogens is 1. The summed E-state index contributed by atoms with van der Waals surface area (Å²) in [6, 6.07) is -1.82. The Bertz CT molecular complexity index is 536. The number of hydrogen-bond donors (Lipinski definition) is 4. The molecule has 0 unspecified atom stereocenters. The van der Waals surface area contributed by atoms with E-state index in [9.17, 15) is 29.7 Å². The zero-order chi connectivity index (χ0) is 18.2. The summed E-state index contributed by atoms with van der Waals surface area (Å²) in [6.07, 6.45) is -6.84. The third kappa shape index (κ3) is 4.01. The number of rotatable bonds is 3. The first-order valence-electron chi connectivity index (χ1n) is 7.30. The highest BCUT2D eigenvalue weighted by molar-refractivity contribution is 8.00. The smallest absolute Gasteiger partial charge is 0.365 e. The number of halogens is 1. The summed E-state index contributed by atoms with van der Waals surface area (Å²) in [5, 5.41) is 29.5. The van der Waals surface area contributed by atoms with E-state index in [4.69, 9.17) is 4.74 Å². The quantitative estimate of drug-likeness (QED) is 0.337. The predicted molar refractivity (Wildman–Crippen MR) is 79.1 cm³/mol. The molecule has 144 valence electrons. The van der Waals surface area contributed by atoms with Gasteiger partial charge in [-0.25, -0.2) is 9.59 Å². The highest BCUT2D eigenvalue weighted by Crippen LogP contribution is 2.37. The second kappa shape index (κ2) is 8.52. The van der Waals surface area contributed by atoms with Gasteiger partial charge in [0, 0.05) is 5.75 Å². The third-order valence-electron chi connectivity index (χ3n) is 3.95.